The standard InChI is InChI=1S/C14H19NO3S/c1-4-11-5-7-12(8-6-11)13(16)9-19(18)10-14(17)15(2)3/h5-8H,4,9-10H2,1-3H3. The van der Waals surface area contributed by atoms with Gasteiger partial charge in [0.05, 0.1) is 5.75 Å². The lowest BCUT2D eigenvalue weighted by molar-refractivity contribution is -0.125. The SMILES string of the molecule is CCc1ccc(C(=O)CS(=O)CC(=O)N(C)C)cc1. The molecule has 1 atom stereocenters. The highest BCUT2D eigenvalue weighted by Crippen LogP contribution is 2.06. The third kappa shape index (κ3) is 4.95. The Balaban J connectivity index is 2.58. The summed E-state index contributed by atoms with van der Waals surface area (Å²) in [5.74, 6) is -0.628. The van der Waals surface area contributed by atoms with Crippen molar-refractivity contribution in [3.05, 3.63) is 35.4 Å². The first kappa shape index (κ1) is 15.6. The normalized spacial score (nSPS) is 11.9. The first-order valence-electron chi connectivity index (χ1n) is 6.11. The Kier molecular flexibility index (Phi) is 5.89. The lowest BCUT2D eigenvalue weighted by atomic mass is 10.1. The minimum atomic E-state index is -1.45. The van der Waals surface area contributed by atoms with Crippen LogP contribution in [-0.4, -0.2) is 46.4 Å². The first-order chi connectivity index (χ1) is 8.93. The highest BCUT2D eigenvalue weighted by atomic mass is 32.2. The molecule has 0 aliphatic carbocycles. The molecule has 0 saturated heterocycles. The lowest BCUT2D eigenvalue weighted by Gasteiger charge is -2.09. The molecule has 1 unspecified atom stereocenters. The molecule has 5 heteroatoms. The van der Waals surface area contributed by atoms with Crippen molar-refractivity contribution in [2.45, 2.75) is 13.3 Å². The number of rotatable bonds is 6. The van der Waals surface area contributed by atoms with Crippen molar-refractivity contribution in [1.82, 2.24) is 4.90 Å². The largest absolute Gasteiger partial charge is 0.348 e. The summed E-state index contributed by atoms with van der Waals surface area (Å²) in [7, 11) is 1.75. The fraction of sp³-hybridized carbons (Fsp3) is 0.429. The molecule has 0 aliphatic rings. The number of nitrogens with zero attached hydrogens (tertiary/aromatic N) is 1. The number of ketones is 1. The van der Waals surface area contributed by atoms with Crippen LogP contribution in [0.2, 0.25) is 0 Å². The van der Waals surface area contributed by atoms with Crippen molar-refractivity contribution in [2.75, 3.05) is 25.6 Å². The molecular weight excluding hydrogens is 262 g/mol. The van der Waals surface area contributed by atoms with Crippen LogP contribution >= 0.6 is 0 Å². The van der Waals surface area contributed by atoms with Crippen LogP contribution < -0.4 is 0 Å². The summed E-state index contributed by atoms with van der Waals surface area (Å²) < 4.78 is 11.7. The third-order valence-corrected chi connectivity index (χ3v) is 3.91. The maximum atomic E-state index is 11.9. The molecule has 1 aromatic carbocycles. The number of Topliss-reactive ketones (excluding diaryl/α,β-unsaturated/α-hetero) is 1. The van der Waals surface area contributed by atoms with E-state index in [2.05, 4.69) is 0 Å². The van der Waals surface area contributed by atoms with Gasteiger partial charge in [-0.05, 0) is 12.0 Å². The van der Waals surface area contributed by atoms with E-state index in [1.165, 1.54) is 4.90 Å². The first-order valence-corrected chi connectivity index (χ1v) is 7.60. The van der Waals surface area contributed by atoms with Gasteiger partial charge in [-0.1, -0.05) is 31.2 Å². The smallest absolute Gasteiger partial charge is 0.234 e. The molecule has 1 aromatic rings. The third-order valence-electron chi connectivity index (χ3n) is 2.76. The molecule has 1 rings (SSSR count). The molecule has 0 aromatic heterocycles. The Hall–Kier alpha value is -1.49. The highest BCUT2D eigenvalue weighted by molar-refractivity contribution is 7.86. The molecule has 0 saturated carbocycles. The van der Waals surface area contributed by atoms with Gasteiger partial charge in [-0.3, -0.25) is 13.8 Å². The van der Waals surface area contributed by atoms with Gasteiger partial charge in [0.1, 0.15) is 5.75 Å². The zero-order chi connectivity index (χ0) is 14.4. The van der Waals surface area contributed by atoms with E-state index in [0.717, 1.165) is 12.0 Å². The summed E-state index contributed by atoms with van der Waals surface area (Å²) in [4.78, 5) is 24.6. The predicted molar refractivity (Wildman–Crippen MR) is 76.7 cm³/mol. The van der Waals surface area contributed by atoms with Gasteiger partial charge >= 0.3 is 0 Å². The minimum absolute atomic E-state index is 0.105. The summed E-state index contributed by atoms with van der Waals surface area (Å²) >= 11 is 0. The predicted octanol–water partition coefficient (Wildman–Crippen LogP) is 1.27. The number of carbonyl (C=O) groups is 2. The molecule has 0 N–H and O–H groups in total. The van der Waals surface area contributed by atoms with E-state index in [0.29, 0.717) is 5.56 Å². The maximum Gasteiger partial charge on any atom is 0.234 e. The molecule has 19 heavy (non-hydrogen) atoms. The Bertz CT molecular complexity index is 480. The second kappa shape index (κ2) is 7.19. The van der Waals surface area contributed by atoms with Gasteiger partial charge in [0.25, 0.3) is 0 Å². The summed E-state index contributed by atoms with van der Waals surface area (Å²) in [5.41, 5.74) is 1.70. The van der Waals surface area contributed by atoms with E-state index < -0.39 is 10.8 Å². The number of aryl methyl sites for hydroxylation is 1. The summed E-state index contributed by atoms with van der Waals surface area (Å²) in [6, 6.07) is 7.26. The van der Waals surface area contributed by atoms with Crippen molar-refractivity contribution >= 4 is 22.5 Å². The zero-order valence-corrected chi connectivity index (χ0v) is 12.3. The van der Waals surface area contributed by atoms with Gasteiger partial charge in [0, 0.05) is 30.5 Å². The maximum absolute atomic E-state index is 11.9. The van der Waals surface area contributed by atoms with E-state index in [1.807, 2.05) is 19.1 Å². The quantitative estimate of drug-likeness (QED) is 0.738. The highest BCUT2D eigenvalue weighted by Gasteiger charge is 2.14. The van der Waals surface area contributed by atoms with Crippen LogP contribution in [0.3, 0.4) is 0 Å². The van der Waals surface area contributed by atoms with Crippen molar-refractivity contribution < 1.29 is 13.8 Å². The monoisotopic (exact) mass is 281 g/mol. The lowest BCUT2D eigenvalue weighted by Crippen LogP contribution is -2.29. The summed E-state index contributed by atoms with van der Waals surface area (Å²) in [6.07, 6.45) is 0.914. The van der Waals surface area contributed by atoms with Gasteiger partial charge < -0.3 is 4.90 Å². The van der Waals surface area contributed by atoms with E-state index >= 15 is 0 Å². The van der Waals surface area contributed by atoms with Crippen molar-refractivity contribution in [3.8, 4) is 0 Å². The number of hydrogen-bond acceptors (Lipinski definition) is 3. The topological polar surface area (TPSA) is 54.5 Å². The van der Waals surface area contributed by atoms with Gasteiger partial charge in [-0.25, -0.2) is 0 Å². The molecule has 104 valence electrons. The Morgan fingerprint density at radius 1 is 1.11 bits per heavy atom. The molecule has 1 amide bonds. The minimum Gasteiger partial charge on any atom is -0.348 e. The Morgan fingerprint density at radius 3 is 2.16 bits per heavy atom. The molecule has 0 spiro atoms. The Morgan fingerprint density at radius 2 is 1.68 bits per heavy atom. The van der Waals surface area contributed by atoms with Crippen LogP contribution in [0.15, 0.2) is 24.3 Å². The molecule has 0 heterocycles. The summed E-state index contributed by atoms with van der Waals surface area (Å²) in [5, 5.41) is 0. The molecule has 0 radical (unpaired) electrons. The van der Waals surface area contributed by atoms with Gasteiger partial charge in [0.2, 0.25) is 5.91 Å². The number of amides is 1. The molecular formula is C14H19NO3S. The molecule has 0 bridgehead atoms. The van der Waals surface area contributed by atoms with Gasteiger partial charge in [-0.2, -0.15) is 0 Å². The van der Waals surface area contributed by atoms with Crippen LogP contribution in [0.5, 0.6) is 0 Å². The Labute approximate surface area is 116 Å². The van der Waals surface area contributed by atoms with Crippen LogP contribution in [0.25, 0.3) is 0 Å². The second-order valence-electron chi connectivity index (χ2n) is 4.49. The van der Waals surface area contributed by atoms with E-state index in [1.54, 1.807) is 26.2 Å². The van der Waals surface area contributed by atoms with E-state index in [9.17, 15) is 13.8 Å². The fourth-order valence-electron chi connectivity index (χ4n) is 1.47. The van der Waals surface area contributed by atoms with Gasteiger partial charge in [0.15, 0.2) is 5.78 Å². The number of carbonyl (C=O) groups excluding carboxylic acids is 2. The molecule has 0 aliphatic heterocycles. The van der Waals surface area contributed by atoms with E-state index in [4.69, 9.17) is 0 Å². The number of benzene rings is 1. The molecule has 4 nitrogen and oxygen atoms in total. The second-order valence-corrected chi connectivity index (χ2v) is 5.95. The van der Waals surface area contributed by atoms with Crippen molar-refractivity contribution in [1.29, 1.82) is 0 Å². The van der Waals surface area contributed by atoms with Crippen LogP contribution in [0.1, 0.15) is 22.8 Å². The number of hydrogen-bond donors (Lipinski definition) is 0. The zero-order valence-electron chi connectivity index (χ0n) is 11.5. The summed E-state index contributed by atoms with van der Waals surface area (Å²) in [6.45, 7) is 2.04. The average Bonchev–Trinajstić information content (AvgIpc) is 2.38. The van der Waals surface area contributed by atoms with Crippen LogP contribution in [-0.2, 0) is 22.0 Å². The van der Waals surface area contributed by atoms with Crippen molar-refractivity contribution in [3.63, 3.8) is 0 Å². The van der Waals surface area contributed by atoms with E-state index in [-0.39, 0.29) is 23.2 Å². The molecule has 0 fully saturated rings. The van der Waals surface area contributed by atoms with Crippen LogP contribution in [0, 0.1) is 0 Å². The van der Waals surface area contributed by atoms with Crippen LogP contribution in [0.4, 0.5) is 0 Å². The van der Waals surface area contributed by atoms with Crippen molar-refractivity contribution in [2.24, 2.45) is 0 Å². The van der Waals surface area contributed by atoms with Gasteiger partial charge in [-0.15, -0.1) is 0 Å². The fourth-order valence-corrected chi connectivity index (χ4v) is 2.57. The average molecular weight is 281 g/mol.